The van der Waals surface area contributed by atoms with Gasteiger partial charge < -0.3 is 15.2 Å². The van der Waals surface area contributed by atoms with Crippen LogP contribution in [-0.2, 0) is 5.60 Å². The van der Waals surface area contributed by atoms with Gasteiger partial charge in [-0.1, -0.05) is 6.07 Å². The molecule has 1 aliphatic rings. The first kappa shape index (κ1) is 17.9. The van der Waals surface area contributed by atoms with E-state index in [2.05, 4.69) is 26.3 Å². The lowest BCUT2D eigenvalue weighted by molar-refractivity contribution is -0.0389. The molecule has 0 amide bonds. The van der Waals surface area contributed by atoms with Gasteiger partial charge >= 0.3 is 0 Å². The number of thiazole rings is 1. The van der Waals surface area contributed by atoms with Crippen LogP contribution in [0.5, 0.6) is 5.88 Å². The zero-order valence-corrected chi connectivity index (χ0v) is 16.2. The molecule has 7 heteroatoms. The van der Waals surface area contributed by atoms with Crippen LogP contribution in [0.25, 0.3) is 10.4 Å². The van der Waals surface area contributed by atoms with Crippen molar-refractivity contribution < 1.29 is 9.84 Å². The molecule has 1 aliphatic carbocycles. The maximum atomic E-state index is 10.5. The Labute approximate surface area is 162 Å². The van der Waals surface area contributed by atoms with Gasteiger partial charge in [0.25, 0.3) is 0 Å². The molecule has 2 aromatic heterocycles. The largest absolute Gasteiger partial charge is 0.478 e. The van der Waals surface area contributed by atoms with Crippen molar-refractivity contribution in [1.29, 1.82) is 0 Å². The van der Waals surface area contributed by atoms with Gasteiger partial charge in [0.15, 0.2) is 0 Å². The third-order valence-corrected chi connectivity index (χ3v) is 5.86. The quantitative estimate of drug-likeness (QED) is 0.657. The minimum atomic E-state index is -0.721. The first-order chi connectivity index (χ1) is 13.1. The van der Waals surface area contributed by atoms with E-state index in [1.165, 1.54) is 0 Å². The van der Waals surface area contributed by atoms with Gasteiger partial charge in [0.05, 0.1) is 11.5 Å². The summed E-state index contributed by atoms with van der Waals surface area (Å²) in [5.41, 5.74) is 2.36. The van der Waals surface area contributed by atoms with Gasteiger partial charge in [-0.15, -0.1) is 11.3 Å². The highest BCUT2D eigenvalue weighted by atomic mass is 32.1. The minimum Gasteiger partial charge on any atom is -0.478 e. The van der Waals surface area contributed by atoms with E-state index in [0.29, 0.717) is 18.4 Å². The molecule has 1 saturated carbocycles. The lowest BCUT2D eigenvalue weighted by Crippen LogP contribution is -2.33. The molecule has 0 radical (unpaired) electrons. The molecule has 6 nitrogen and oxygen atoms in total. The molecule has 0 saturated heterocycles. The van der Waals surface area contributed by atoms with Gasteiger partial charge in [-0.25, -0.2) is 9.97 Å². The third-order valence-electron chi connectivity index (χ3n) is 4.62. The van der Waals surface area contributed by atoms with E-state index in [9.17, 15) is 5.11 Å². The van der Waals surface area contributed by atoms with Crippen LogP contribution in [0.3, 0.4) is 0 Å². The standard InChI is InChI=1S/C20H22N4O2S/c1-3-26-17-5-8-21-19(24-17)23-15-10-13(2)9-14(11-15)16-12-22-18(27-16)20(25)6-4-7-20/h5,8-12,25H,3-4,6-7H2,1-2H3,(H,21,23,24). The van der Waals surface area contributed by atoms with E-state index in [4.69, 9.17) is 4.74 Å². The fourth-order valence-corrected chi connectivity index (χ4v) is 4.15. The molecule has 0 atom stereocenters. The minimum absolute atomic E-state index is 0.492. The number of aliphatic hydroxyl groups is 1. The van der Waals surface area contributed by atoms with Crippen LogP contribution >= 0.6 is 11.3 Å². The third kappa shape index (κ3) is 3.79. The molecule has 0 bridgehead atoms. The Hall–Kier alpha value is -2.51. The highest BCUT2D eigenvalue weighted by molar-refractivity contribution is 7.15. The van der Waals surface area contributed by atoms with E-state index in [0.717, 1.165) is 46.0 Å². The van der Waals surface area contributed by atoms with Crippen LogP contribution in [0.4, 0.5) is 11.6 Å². The number of hydrogen-bond donors (Lipinski definition) is 2. The zero-order valence-electron chi connectivity index (χ0n) is 15.4. The number of hydrogen-bond acceptors (Lipinski definition) is 7. The number of benzene rings is 1. The average molecular weight is 382 g/mol. The second kappa shape index (κ2) is 7.25. The molecule has 0 aliphatic heterocycles. The van der Waals surface area contributed by atoms with Gasteiger partial charge in [-0.05, 0) is 56.4 Å². The smallest absolute Gasteiger partial charge is 0.230 e. The Bertz CT molecular complexity index is 953. The molecular formula is C20H22N4O2S. The summed E-state index contributed by atoms with van der Waals surface area (Å²) in [6.45, 7) is 4.53. The van der Waals surface area contributed by atoms with Crippen LogP contribution in [0.2, 0.25) is 0 Å². The Kier molecular flexibility index (Phi) is 4.80. The van der Waals surface area contributed by atoms with E-state index < -0.39 is 5.60 Å². The molecule has 2 heterocycles. The molecular weight excluding hydrogens is 360 g/mol. The summed E-state index contributed by atoms with van der Waals surface area (Å²) in [5.74, 6) is 1.04. The van der Waals surface area contributed by atoms with Crippen LogP contribution < -0.4 is 10.1 Å². The Morgan fingerprint density at radius 1 is 1.26 bits per heavy atom. The Balaban J connectivity index is 1.59. The SMILES string of the molecule is CCOc1ccnc(Nc2cc(C)cc(-c3cnc(C4(O)CCC4)s3)c2)n1. The van der Waals surface area contributed by atoms with Crippen LogP contribution in [0, 0.1) is 6.92 Å². The second-order valence-corrected chi connectivity index (χ2v) is 7.81. The second-order valence-electron chi connectivity index (χ2n) is 6.78. The highest BCUT2D eigenvalue weighted by Crippen LogP contribution is 2.44. The number of aromatic nitrogens is 3. The van der Waals surface area contributed by atoms with Crippen LogP contribution in [0.1, 0.15) is 36.8 Å². The molecule has 4 rings (SSSR count). The molecule has 0 unspecified atom stereocenters. The molecule has 27 heavy (non-hydrogen) atoms. The van der Waals surface area contributed by atoms with Crippen molar-refractivity contribution in [1.82, 2.24) is 15.0 Å². The topological polar surface area (TPSA) is 80.2 Å². The van der Waals surface area contributed by atoms with Crippen LogP contribution in [-0.4, -0.2) is 26.7 Å². The van der Waals surface area contributed by atoms with Crippen molar-refractivity contribution in [2.45, 2.75) is 38.7 Å². The van der Waals surface area contributed by atoms with Crippen molar-refractivity contribution in [3.8, 4) is 16.3 Å². The van der Waals surface area contributed by atoms with Crippen LogP contribution in [0.15, 0.2) is 36.7 Å². The monoisotopic (exact) mass is 382 g/mol. The fourth-order valence-electron chi connectivity index (χ4n) is 3.11. The van der Waals surface area contributed by atoms with E-state index in [1.807, 2.05) is 32.2 Å². The van der Waals surface area contributed by atoms with E-state index in [-0.39, 0.29) is 0 Å². The molecule has 140 valence electrons. The highest BCUT2D eigenvalue weighted by Gasteiger charge is 2.39. The van der Waals surface area contributed by atoms with Gasteiger partial charge in [0, 0.05) is 24.1 Å². The maximum absolute atomic E-state index is 10.5. The predicted octanol–water partition coefficient (Wildman–Crippen LogP) is 4.42. The fraction of sp³-hybridized carbons (Fsp3) is 0.350. The van der Waals surface area contributed by atoms with Gasteiger partial charge in [-0.3, -0.25) is 0 Å². The summed E-state index contributed by atoms with van der Waals surface area (Å²) >= 11 is 1.56. The first-order valence-electron chi connectivity index (χ1n) is 9.09. The molecule has 0 spiro atoms. The van der Waals surface area contributed by atoms with Gasteiger partial charge in [0.1, 0.15) is 10.6 Å². The lowest BCUT2D eigenvalue weighted by atomic mass is 9.81. The normalized spacial score (nSPS) is 15.2. The summed E-state index contributed by atoms with van der Waals surface area (Å²) in [7, 11) is 0. The number of ether oxygens (including phenoxy) is 1. The number of rotatable bonds is 6. The summed E-state index contributed by atoms with van der Waals surface area (Å²) in [6.07, 6.45) is 6.18. The van der Waals surface area contributed by atoms with E-state index in [1.54, 1.807) is 23.6 Å². The lowest BCUT2D eigenvalue weighted by Gasteiger charge is -2.34. The van der Waals surface area contributed by atoms with Crippen molar-refractivity contribution in [2.75, 3.05) is 11.9 Å². The molecule has 1 aromatic carbocycles. The summed E-state index contributed by atoms with van der Waals surface area (Å²) in [4.78, 5) is 14.1. The average Bonchev–Trinajstić information content (AvgIpc) is 3.10. The van der Waals surface area contributed by atoms with Crippen molar-refractivity contribution in [3.05, 3.63) is 47.2 Å². The predicted molar refractivity (Wildman–Crippen MR) is 107 cm³/mol. The first-order valence-corrected chi connectivity index (χ1v) is 9.91. The van der Waals surface area contributed by atoms with Crippen molar-refractivity contribution >= 4 is 23.0 Å². The summed E-state index contributed by atoms with van der Waals surface area (Å²) < 4.78 is 5.43. The maximum Gasteiger partial charge on any atom is 0.230 e. The molecule has 1 fully saturated rings. The number of nitrogens with zero attached hydrogens (tertiary/aromatic N) is 3. The van der Waals surface area contributed by atoms with Gasteiger partial charge in [-0.2, -0.15) is 4.98 Å². The van der Waals surface area contributed by atoms with Crippen molar-refractivity contribution in [2.24, 2.45) is 0 Å². The zero-order chi connectivity index (χ0) is 18.9. The summed E-state index contributed by atoms with van der Waals surface area (Å²) in [5, 5.41) is 14.6. The van der Waals surface area contributed by atoms with E-state index >= 15 is 0 Å². The van der Waals surface area contributed by atoms with Crippen molar-refractivity contribution in [3.63, 3.8) is 0 Å². The number of aryl methyl sites for hydroxylation is 1. The Morgan fingerprint density at radius 3 is 2.85 bits per heavy atom. The number of anilines is 2. The molecule has 3 aromatic rings. The summed E-state index contributed by atoms with van der Waals surface area (Å²) in [6, 6.07) is 7.94. The Morgan fingerprint density at radius 2 is 2.11 bits per heavy atom. The van der Waals surface area contributed by atoms with Gasteiger partial charge in [0.2, 0.25) is 11.8 Å². The number of nitrogens with one attached hydrogen (secondary N) is 1. The molecule has 2 N–H and O–H groups in total.